The number of thiophene rings is 1. The lowest BCUT2D eigenvalue weighted by Crippen LogP contribution is -2.02. The van der Waals surface area contributed by atoms with E-state index in [1.807, 2.05) is 6.07 Å². The van der Waals surface area contributed by atoms with E-state index >= 15 is 0 Å². The lowest BCUT2D eigenvalue weighted by molar-refractivity contribution is 1.15. The first-order valence-corrected chi connectivity index (χ1v) is 3.76. The summed E-state index contributed by atoms with van der Waals surface area (Å²) in [6, 6.07) is 3.77. The molecule has 0 saturated carbocycles. The first kappa shape index (κ1) is 6.44. The highest BCUT2D eigenvalue weighted by Crippen LogP contribution is 2.20. The highest BCUT2D eigenvalue weighted by atomic mass is 32.1. The number of hydrogen-bond acceptors (Lipinski definition) is 3. The summed E-state index contributed by atoms with van der Waals surface area (Å²) in [5, 5.41) is 15.9. The van der Waals surface area contributed by atoms with Crippen LogP contribution in [-0.2, 0) is 0 Å². The van der Waals surface area contributed by atoms with Gasteiger partial charge in [-0.05, 0) is 11.7 Å². The summed E-state index contributed by atoms with van der Waals surface area (Å²) >= 11 is 1.33. The molecule has 0 atom stereocenters. The molecule has 2 aromatic heterocycles. The number of aromatic nitrogens is 2. The molecule has 0 unspecified atom stereocenters. The Morgan fingerprint density at radius 1 is 1.73 bits per heavy atom. The van der Waals surface area contributed by atoms with Gasteiger partial charge in [0.05, 0.1) is 0 Å². The van der Waals surface area contributed by atoms with Gasteiger partial charge in [-0.15, -0.1) is 11.3 Å². The molecule has 11 heavy (non-hydrogen) atoms. The first-order chi connectivity index (χ1) is 5.31. The highest BCUT2D eigenvalue weighted by Gasteiger charge is 2.04. The lowest BCUT2D eigenvalue weighted by atomic mass is 10.0. The molecule has 0 spiro atoms. The van der Waals surface area contributed by atoms with Crippen molar-refractivity contribution in [1.29, 1.82) is 5.26 Å². The third kappa shape index (κ3) is 0.836. The number of hydrogen-bond donors (Lipinski definition) is 1. The minimum atomic E-state index is 0.526. The topological polar surface area (TPSA) is 52.5 Å². The summed E-state index contributed by atoms with van der Waals surface area (Å²) < 4.78 is 0. The molecule has 5 heteroatoms. The molecule has 0 amide bonds. The van der Waals surface area contributed by atoms with Crippen molar-refractivity contribution in [2.75, 3.05) is 0 Å². The van der Waals surface area contributed by atoms with Crippen molar-refractivity contribution in [3.8, 4) is 6.07 Å². The summed E-state index contributed by atoms with van der Waals surface area (Å²) in [6.07, 6.45) is 0. The van der Waals surface area contributed by atoms with E-state index in [4.69, 9.17) is 13.1 Å². The van der Waals surface area contributed by atoms with Crippen molar-refractivity contribution in [2.24, 2.45) is 0 Å². The first-order valence-electron chi connectivity index (χ1n) is 2.95. The number of nitrogens with zero attached hydrogens (tertiary/aromatic N) is 2. The zero-order valence-electron chi connectivity index (χ0n) is 5.46. The fraction of sp³-hybridized carbons (Fsp3) is 0. The van der Waals surface area contributed by atoms with Crippen molar-refractivity contribution < 1.29 is 0 Å². The molecule has 0 aromatic carbocycles. The van der Waals surface area contributed by atoms with Gasteiger partial charge in [-0.25, -0.2) is 0 Å². The number of H-pyrrole nitrogens is 1. The normalized spacial score (nSPS) is 10.1. The fourth-order valence-corrected chi connectivity index (χ4v) is 1.68. The Kier molecular flexibility index (Phi) is 1.23. The van der Waals surface area contributed by atoms with E-state index in [-0.39, 0.29) is 0 Å². The van der Waals surface area contributed by atoms with E-state index in [0.29, 0.717) is 10.5 Å². The molecule has 0 aliphatic carbocycles. The Balaban J connectivity index is 2.82. The van der Waals surface area contributed by atoms with Crippen molar-refractivity contribution in [3.05, 3.63) is 10.9 Å². The zero-order chi connectivity index (χ0) is 7.84. The molecule has 2 heterocycles. The lowest BCUT2D eigenvalue weighted by Gasteiger charge is -1.77. The van der Waals surface area contributed by atoms with E-state index in [0.717, 1.165) is 10.2 Å². The number of aromatic amines is 1. The van der Waals surface area contributed by atoms with Gasteiger partial charge in [0.2, 0.25) is 0 Å². The van der Waals surface area contributed by atoms with Crippen LogP contribution in [0.4, 0.5) is 0 Å². The van der Waals surface area contributed by atoms with Crippen LogP contribution >= 0.6 is 11.3 Å². The Hall–Kier alpha value is -1.28. The maximum Gasteiger partial charge on any atom is 0.145 e. The predicted octanol–water partition coefficient (Wildman–Crippen LogP) is 0.290. The fourth-order valence-electron chi connectivity index (χ4n) is 0.884. The van der Waals surface area contributed by atoms with Crippen LogP contribution in [0.3, 0.4) is 0 Å². The van der Waals surface area contributed by atoms with E-state index in [2.05, 4.69) is 10.2 Å². The number of nitrogens with one attached hydrogen (secondary N) is 1. The SMILES string of the molecule is [B]c1[nH]nc2sc(C#N)cc12. The number of nitriles is 1. The summed E-state index contributed by atoms with van der Waals surface area (Å²) in [4.78, 5) is 1.43. The molecule has 0 aliphatic rings. The van der Waals surface area contributed by atoms with E-state index < -0.39 is 0 Å². The monoisotopic (exact) mass is 159 g/mol. The average molecular weight is 159 g/mol. The van der Waals surface area contributed by atoms with Crippen molar-refractivity contribution in [3.63, 3.8) is 0 Å². The van der Waals surface area contributed by atoms with Crippen LogP contribution in [-0.4, -0.2) is 18.0 Å². The van der Waals surface area contributed by atoms with Crippen LogP contribution in [0.2, 0.25) is 0 Å². The molecule has 2 rings (SSSR count). The van der Waals surface area contributed by atoms with E-state index in [9.17, 15) is 0 Å². The quantitative estimate of drug-likeness (QED) is 0.561. The maximum absolute atomic E-state index is 8.53. The third-order valence-corrected chi connectivity index (χ3v) is 2.32. The smallest absolute Gasteiger partial charge is 0.145 e. The third-order valence-electron chi connectivity index (χ3n) is 1.39. The zero-order valence-corrected chi connectivity index (χ0v) is 6.27. The van der Waals surface area contributed by atoms with Gasteiger partial charge in [-0.1, -0.05) is 0 Å². The minimum Gasteiger partial charge on any atom is -0.291 e. The Morgan fingerprint density at radius 3 is 3.18 bits per heavy atom. The van der Waals surface area contributed by atoms with E-state index in [1.165, 1.54) is 11.3 Å². The van der Waals surface area contributed by atoms with Gasteiger partial charge in [-0.2, -0.15) is 10.4 Å². The van der Waals surface area contributed by atoms with Gasteiger partial charge < -0.3 is 0 Å². The number of fused-ring (bicyclic) bond motifs is 1. The summed E-state index contributed by atoms with van der Waals surface area (Å²) in [5.74, 6) is 0. The van der Waals surface area contributed by atoms with Gasteiger partial charge in [0, 0.05) is 5.39 Å². The van der Waals surface area contributed by atoms with Crippen LogP contribution in [0.5, 0.6) is 0 Å². The van der Waals surface area contributed by atoms with Gasteiger partial charge >= 0.3 is 0 Å². The van der Waals surface area contributed by atoms with Crippen molar-refractivity contribution >= 4 is 35.0 Å². The van der Waals surface area contributed by atoms with Gasteiger partial charge in [0.15, 0.2) is 0 Å². The molecule has 0 aliphatic heterocycles. The second kappa shape index (κ2) is 2.11. The van der Waals surface area contributed by atoms with Gasteiger partial charge in [-0.3, -0.25) is 5.10 Å². The van der Waals surface area contributed by atoms with Crippen LogP contribution < -0.4 is 5.59 Å². The molecule has 2 aromatic rings. The molecule has 0 fully saturated rings. The molecular formula is C6H2BN3S. The average Bonchev–Trinajstić information content (AvgIpc) is 2.53. The maximum atomic E-state index is 8.53. The molecule has 0 bridgehead atoms. The predicted molar refractivity (Wildman–Crippen MR) is 44.1 cm³/mol. The Bertz CT molecular complexity index is 436. The second-order valence-electron chi connectivity index (χ2n) is 2.08. The molecule has 1 N–H and O–H groups in total. The molecular weight excluding hydrogens is 157 g/mol. The van der Waals surface area contributed by atoms with Crippen molar-refractivity contribution in [1.82, 2.24) is 10.2 Å². The second-order valence-corrected chi connectivity index (χ2v) is 3.11. The summed E-state index contributed by atoms with van der Waals surface area (Å²) in [6.45, 7) is 0. The highest BCUT2D eigenvalue weighted by molar-refractivity contribution is 7.19. The van der Waals surface area contributed by atoms with Gasteiger partial charge in [0.25, 0.3) is 0 Å². The molecule has 0 saturated heterocycles. The number of rotatable bonds is 0. The van der Waals surface area contributed by atoms with Gasteiger partial charge in [0.1, 0.15) is 23.6 Å². The van der Waals surface area contributed by atoms with Crippen LogP contribution in [0.25, 0.3) is 10.2 Å². The van der Waals surface area contributed by atoms with Crippen LogP contribution in [0.15, 0.2) is 6.07 Å². The largest absolute Gasteiger partial charge is 0.291 e. The van der Waals surface area contributed by atoms with Crippen LogP contribution in [0.1, 0.15) is 4.88 Å². The molecule has 3 nitrogen and oxygen atoms in total. The molecule has 50 valence electrons. The minimum absolute atomic E-state index is 0.526. The Labute approximate surface area is 68.1 Å². The van der Waals surface area contributed by atoms with Crippen molar-refractivity contribution in [2.45, 2.75) is 0 Å². The summed E-state index contributed by atoms with van der Waals surface area (Å²) in [7, 11) is 5.52. The molecule has 2 radical (unpaired) electrons. The van der Waals surface area contributed by atoms with Crippen LogP contribution in [0, 0.1) is 11.3 Å². The van der Waals surface area contributed by atoms with E-state index in [1.54, 1.807) is 6.07 Å². The summed E-state index contributed by atoms with van der Waals surface area (Å²) in [5.41, 5.74) is 0.526. The standard InChI is InChI=1S/C6H2BN3S/c7-5-4-1-3(2-8)11-6(4)10-9-5/h1H,(H,9,10). The Morgan fingerprint density at radius 2 is 2.55 bits per heavy atom.